The van der Waals surface area contributed by atoms with Crippen LogP contribution in [0, 0.1) is 0 Å². The Morgan fingerprint density at radius 3 is 3.00 bits per heavy atom. The molecule has 74 valence electrons. The van der Waals surface area contributed by atoms with Crippen LogP contribution in [0.4, 0.5) is 5.82 Å². The molecule has 0 saturated carbocycles. The standard InChI is InChI=1S/C10H13N3O/c1-11-8-6-10(14)13(7-8)9-4-2-3-5-12-9/h2-5,8,11H,6-7H2,1H3. The Labute approximate surface area is 82.9 Å². The van der Waals surface area contributed by atoms with Crippen molar-refractivity contribution < 1.29 is 4.79 Å². The van der Waals surface area contributed by atoms with Crippen LogP contribution in [-0.2, 0) is 4.79 Å². The molecular formula is C10H13N3O. The van der Waals surface area contributed by atoms with Gasteiger partial charge in [-0.3, -0.25) is 9.69 Å². The highest BCUT2D eigenvalue weighted by molar-refractivity contribution is 5.95. The van der Waals surface area contributed by atoms with Crippen LogP contribution >= 0.6 is 0 Å². The summed E-state index contributed by atoms with van der Waals surface area (Å²) in [5.74, 6) is 0.887. The zero-order valence-corrected chi connectivity index (χ0v) is 8.10. The highest BCUT2D eigenvalue weighted by atomic mass is 16.2. The second-order valence-corrected chi connectivity index (χ2v) is 3.38. The fourth-order valence-electron chi connectivity index (χ4n) is 1.64. The highest BCUT2D eigenvalue weighted by Gasteiger charge is 2.29. The van der Waals surface area contributed by atoms with Crippen molar-refractivity contribution in [2.45, 2.75) is 12.5 Å². The third-order valence-electron chi connectivity index (χ3n) is 2.46. The summed E-state index contributed by atoms with van der Waals surface area (Å²) in [7, 11) is 1.87. The van der Waals surface area contributed by atoms with Crippen LogP contribution in [0.1, 0.15) is 6.42 Å². The van der Waals surface area contributed by atoms with Crippen LogP contribution in [0.5, 0.6) is 0 Å². The zero-order valence-electron chi connectivity index (χ0n) is 8.10. The summed E-state index contributed by atoms with van der Waals surface area (Å²) in [6.07, 6.45) is 2.27. The van der Waals surface area contributed by atoms with Crippen molar-refractivity contribution in [2.24, 2.45) is 0 Å². The van der Waals surface area contributed by atoms with Gasteiger partial charge in [-0.25, -0.2) is 4.98 Å². The smallest absolute Gasteiger partial charge is 0.229 e. The summed E-state index contributed by atoms with van der Waals surface area (Å²) in [5.41, 5.74) is 0. The van der Waals surface area contributed by atoms with E-state index in [-0.39, 0.29) is 11.9 Å². The fourth-order valence-corrected chi connectivity index (χ4v) is 1.64. The van der Waals surface area contributed by atoms with Crippen molar-refractivity contribution in [3.63, 3.8) is 0 Å². The van der Waals surface area contributed by atoms with Crippen molar-refractivity contribution >= 4 is 11.7 Å². The maximum absolute atomic E-state index is 11.6. The summed E-state index contributed by atoms with van der Waals surface area (Å²) < 4.78 is 0. The molecule has 1 unspecified atom stereocenters. The van der Waals surface area contributed by atoms with E-state index >= 15 is 0 Å². The summed E-state index contributed by atoms with van der Waals surface area (Å²) in [5, 5.41) is 3.10. The lowest BCUT2D eigenvalue weighted by Crippen LogP contribution is -2.30. The highest BCUT2D eigenvalue weighted by Crippen LogP contribution is 2.18. The van der Waals surface area contributed by atoms with Gasteiger partial charge in [0.15, 0.2) is 0 Å². The summed E-state index contributed by atoms with van der Waals surface area (Å²) in [6.45, 7) is 0.715. The molecule has 0 aromatic carbocycles. The van der Waals surface area contributed by atoms with Crippen LogP contribution in [-0.4, -0.2) is 30.5 Å². The molecule has 1 aromatic heterocycles. The van der Waals surface area contributed by atoms with Gasteiger partial charge < -0.3 is 5.32 Å². The number of hydrogen-bond donors (Lipinski definition) is 1. The molecule has 0 aliphatic carbocycles. The van der Waals surface area contributed by atoms with E-state index in [9.17, 15) is 4.79 Å². The van der Waals surface area contributed by atoms with Gasteiger partial charge in [-0.05, 0) is 19.2 Å². The Balaban J connectivity index is 2.17. The van der Waals surface area contributed by atoms with E-state index in [4.69, 9.17) is 0 Å². The van der Waals surface area contributed by atoms with Gasteiger partial charge in [-0.2, -0.15) is 0 Å². The van der Waals surface area contributed by atoms with Crippen LogP contribution in [0.2, 0.25) is 0 Å². The van der Waals surface area contributed by atoms with Gasteiger partial charge in [0.1, 0.15) is 5.82 Å². The Morgan fingerprint density at radius 1 is 1.57 bits per heavy atom. The van der Waals surface area contributed by atoms with Gasteiger partial charge in [0.05, 0.1) is 0 Å². The Hall–Kier alpha value is -1.42. The number of rotatable bonds is 2. The number of hydrogen-bond acceptors (Lipinski definition) is 3. The lowest BCUT2D eigenvalue weighted by molar-refractivity contribution is -0.117. The lowest BCUT2D eigenvalue weighted by atomic mass is 10.3. The van der Waals surface area contributed by atoms with Crippen LogP contribution < -0.4 is 10.2 Å². The predicted octanol–water partition coefficient (Wildman–Crippen LogP) is 0.406. The SMILES string of the molecule is CNC1CC(=O)N(c2ccccn2)C1. The van der Waals surface area contributed by atoms with Crippen molar-refractivity contribution in [3.05, 3.63) is 24.4 Å². The minimum Gasteiger partial charge on any atom is -0.315 e. The number of carbonyl (C=O) groups is 1. The average molecular weight is 191 g/mol. The van der Waals surface area contributed by atoms with Crippen molar-refractivity contribution in [1.29, 1.82) is 0 Å². The molecule has 4 nitrogen and oxygen atoms in total. The number of likely N-dealkylation sites (N-methyl/N-ethyl adjacent to an activating group) is 1. The number of anilines is 1. The van der Waals surface area contributed by atoms with Crippen molar-refractivity contribution in [1.82, 2.24) is 10.3 Å². The zero-order chi connectivity index (χ0) is 9.97. The van der Waals surface area contributed by atoms with E-state index in [0.717, 1.165) is 5.82 Å². The summed E-state index contributed by atoms with van der Waals surface area (Å²) >= 11 is 0. The molecule has 0 radical (unpaired) electrons. The molecule has 0 spiro atoms. The first-order valence-corrected chi connectivity index (χ1v) is 4.70. The molecule has 2 heterocycles. The maximum atomic E-state index is 11.6. The van der Waals surface area contributed by atoms with Crippen LogP contribution in [0.25, 0.3) is 0 Å². The monoisotopic (exact) mass is 191 g/mol. The molecule has 1 amide bonds. The number of amides is 1. The number of nitrogens with one attached hydrogen (secondary N) is 1. The fraction of sp³-hybridized carbons (Fsp3) is 0.400. The number of carbonyl (C=O) groups excluding carboxylic acids is 1. The molecule has 1 aromatic rings. The van der Waals surface area contributed by atoms with Crippen molar-refractivity contribution in [2.75, 3.05) is 18.5 Å². The Kier molecular flexibility index (Phi) is 2.45. The normalized spacial score (nSPS) is 21.6. The largest absolute Gasteiger partial charge is 0.315 e. The van der Waals surface area contributed by atoms with E-state index in [1.54, 1.807) is 11.1 Å². The predicted molar refractivity (Wildman–Crippen MR) is 54.1 cm³/mol. The number of pyridine rings is 1. The lowest BCUT2D eigenvalue weighted by Gasteiger charge is -2.14. The van der Waals surface area contributed by atoms with Gasteiger partial charge in [0.25, 0.3) is 0 Å². The molecule has 1 fully saturated rings. The van der Waals surface area contributed by atoms with Crippen LogP contribution in [0.15, 0.2) is 24.4 Å². The first-order valence-electron chi connectivity index (χ1n) is 4.70. The van der Waals surface area contributed by atoms with Gasteiger partial charge >= 0.3 is 0 Å². The minimum atomic E-state index is 0.142. The van der Waals surface area contributed by atoms with Gasteiger partial charge in [0, 0.05) is 25.2 Å². The molecular weight excluding hydrogens is 178 g/mol. The molecule has 2 rings (SSSR count). The van der Waals surface area contributed by atoms with E-state index < -0.39 is 0 Å². The molecule has 1 N–H and O–H groups in total. The second kappa shape index (κ2) is 3.75. The Bertz CT molecular complexity index is 325. The molecule has 14 heavy (non-hydrogen) atoms. The second-order valence-electron chi connectivity index (χ2n) is 3.38. The van der Waals surface area contributed by atoms with Gasteiger partial charge in [0.2, 0.25) is 5.91 Å². The third-order valence-corrected chi connectivity index (χ3v) is 2.46. The molecule has 1 aliphatic rings. The first kappa shape index (κ1) is 9.15. The topological polar surface area (TPSA) is 45.2 Å². The van der Waals surface area contributed by atoms with Crippen LogP contribution in [0.3, 0.4) is 0 Å². The van der Waals surface area contributed by atoms with E-state index in [2.05, 4.69) is 10.3 Å². The Morgan fingerprint density at radius 2 is 2.43 bits per heavy atom. The van der Waals surface area contributed by atoms with E-state index in [1.807, 2.05) is 25.2 Å². The molecule has 1 atom stereocenters. The van der Waals surface area contributed by atoms with Crippen molar-refractivity contribution in [3.8, 4) is 0 Å². The van der Waals surface area contributed by atoms with Gasteiger partial charge in [-0.1, -0.05) is 6.07 Å². The van der Waals surface area contributed by atoms with E-state index in [1.165, 1.54) is 0 Å². The number of nitrogens with zero attached hydrogens (tertiary/aromatic N) is 2. The summed E-state index contributed by atoms with van der Waals surface area (Å²) in [6, 6.07) is 5.85. The average Bonchev–Trinajstić information content (AvgIpc) is 2.61. The molecule has 1 aliphatic heterocycles. The third kappa shape index (κ3) is 1.61. The molecule has 0 bridgehead atoms. The minimum absolute atomic E-state index is 0.142. The van der Waals surface area contributed by atoms with E-state index in [0.29, 0.717) is 13.0 Å². The summed E-state index contributed by atoms with van der Waals surface area (Å²) in [4.78, 5) is 17.5. The van der Waals surface area contributed by atoms with Gasteiger partial charge in [-0.15, -0.1) is 0 Å². The number of aromatic nitrogens is 1. The molecule has 4 heteroatoms. The maximum Gasteiger partial charge on any atom is 0.229 e. The quantitative estimate of drug-likeness (QED) is 0.736. The first-order chi connectivity index (χ1) is 6.81. The molecule has 1 saturated heterocycles.